The Labute approximate surface area is 165 Å². The normalized spacial score (nSPS) is 11.3. The Morgan fingerprint density at radius 3 is 2.75 bits per heavy atom. The molecule has 2 rings (SSSR count). The van der Waals surface area contributed by atoms with Gasteiger partial charge in [-0.1, -0.05) is 31.1 Å². The molecule has 152 valence electrons. The first kappa shape index (κ1) is 21.3. The van der Waals surface area contributed by atoms with E-state index in [4.69, 9.17) is 15.0 Å². The molecule has 0 unspecified atom stereocenters. The summed E-state index contributed by atoms with van der Waals surface area (Å²) in [5.74, 6) is 1.69. The van der Waals surface area contributed by atoms with Gasteiger partial charge < -0.3 is 25.6 Å². The molecule has 1 amide bonds. The molecule has 2 aromatic rings. The molecule has 0 bridgehead atoms. The van der Waals surface area contributed by atoms with Crippen molar-refractivity contribution in [3.05, 3.63) is 46.8 Å². The number of ether oxygens (including phenoxy) is 1. The number of primary amides is 1. The van der Waals surface area contributed by atoms with Gasteiger partial charge in [-0.15, -0.1) is 0 Å². The molecule has 4 N–H and O–H groups in total. The van der Waals surface area contributed by atoms with Crippen molar-refractivity contribution in [3.63, 3.8) is 0 Å². The highest BCUT2D eigenvalue weighted by molar-refractivity contribution is 5.79. The number of guanidine groups is 1. The van der Waals surface area contributed by atoms with Gasteiger partial charge in [-0.25, -0.2) is 4.99 Å². The molecule has 0 fully saturated rings. The molecule has 8 heteroatoms. The van der Waals surface area contributed by atoms with E-state index in [0.29, 0.717) is 24.8 Å². The molecular formula is C20H29N5O3. The fourth-order valence-electron chi connectivity index (χ4n) is 2.71. The number of carbonyl (C=O) groups is 1. The van der Waals surface area contributed by atoms with Crippen molar-refractivity contribution in [3.8, 4) is 5.75 Å². The molecule has 0 aliphatic rings. The van der Waals surface area contributed by atoms with Crippen LogP contribution in [-0.4, -0.2) is 30.2 Å². The summed E-state index contributed by atoms with van der Waals surface area (Å²) >= 11 is 0. The van der Waals surface area contributed by atoms with E-state index in [1.54, 1.807) is 6.07 Å². The van der Waals surface area contributed by atoms with Gasteiger partial charge in [-0.2, -0.15) is 0 Å². The molecule has 0 spiro atoms. The maximum Gasteiger partial charge on any atom is 0.255 e. The van der Waals surface area contributed by atoms with Crippen LogP contribution < -0.4 is 21.1 Å². The van der Waals surface area contributed by atoms with Crippen LogP contribution in [0.1, 0.15) is 43.4 Å². The van der Waals surface area contributed by atoms with Gasteiger partial charge in [0.15, 0.2) is 12.6 Å². The second-order valence-corrected chi connectivity index (χ2v) is 6.19. The van der Waals surface area contributed by atoms with E-state index in [1.807, 2.05) is 25.1 Å². The number of benzene rings is 1. The van der Waals surface area contributed by atoms with Crippen LogP contribution in [0.4, 0.5) is 0 Å². The summed E-state index contributed by atoms with van der Waals surface area (Å²) in [4.78, 5) is 15.5. The van der Waals surface area contributed by atoms with Crippen molar-refractivity contribution in [2.45, 2.75) is 46.7 Å². The monoisotopic (exact) mass is 387 g/mol. The highest BCUT2D eigenvalue weighted by atomic mass is 16.5. The average molecular weight is 387 g/mol. The minimum absolute atomic E-state index is 0.144. The number of nitrogens with one attached hydrogen (secondary N) is 2. The molecule has 28 heavy (non-hydrogen) atoms. The summed E-state index contributed by atoms with van der Waals surface area (Å²) in [6, 6.07) is 7.44. The van der Waals surface area contributed by atoms with Gasteiger partial charge in [0.05, 0.1) is 12.2 Å². The van der Waals surface area contributed by atoms with Crippen LogP contribution >= 0.6 is 0 Å². The van der Waals surface area contributed by atoms with E-state index in [-0.39, 0.29) is 6.61 Å². The van der Waals surface area contributed by atoms with Gasteiger partial charge in [0, 0.05) is 25.1 Å². The molecule has 0 radical (unpaired) electrons. The summed E-state index contributed by atoms with van der Waals surface area (Å²) in [5, 5.41) is 10.7. The molecule has 1 heterocycles. The van der Waals surface area contributed by atoms with Gasteiger partial charge in [0.25, 0.3) is 5.91 Å². The number of hydrogen-bond acceptors (Lipinski definition) is 5. The highest BCUT2D eigenvalue weighted by Gasteiger charge is 2.13. The van der Waals surface area contributed by atoms with E-state index in [2.05, 4.69) is 34.6 Å². The Bertz CT molecular complexity index is 779. The molecule has 0 aliphatic carbocycles. The first-order valence-corrected chi connectivity index (χ1v) is 9.55. The number of amides is 1. The van der Waals surface area contributed by atoms with Crippen LogP contribution in [0.15, 0.2) is 33.8 Å². The minimum atomic E-state index is -0.506. The van der Waals surface area contributed by atoms with Gasteiger partial charge in [-0.05, 0) is 31.0 Å². The molecule has 0 atom stereocenters. The standard InChI is InChI=1S/C20H29N5O3/c1-4-17-16(18(5-2)28-25-17)12-24-20(22-6-3)23-11-14-8-7-9-15(10-14)27-13-19(21)26/h7-10H,4-6,11-13H2,1-3H3,(H2,21,26)(H2,22,23,24). The topological polar surface area (TPSA) is 115 Å². The first-order valence-electron chi connectivity index (χ1n) is 9.55. The SMILES string of the molecule is CCNC(=NCc1cccc(OCC(N)=O)c1)NCc1c(CC)noc1CC. The first-order chi connectivity index (χ1) is 13.6. The minimum Gasteiger partial charge on any atom is -0.484 e. The van der Waals surface area contributed by atoms with E-state index in [9.17, 15) is 4.79 Å². The summed E-state index contributed by atoms with van der Waals surface area (Å²) < 4.78 is 10.8. The number of aryl methyl sites for hydroxylation is 2. The summed E-state index contributed by atoms with van der Waals surface area (Å²) in [7, 11) is 0. The Hall–Kier alpha value is -3.03. The van der Waals surface area contributed by atoms with Gasteiger partial charge in [-0.3, -0.25) is 4.79 Å². The summed E-state index contributed by atoms with van der Waals surface area (Å²) in [6.07, 6.45) is 1.63. The Balaban J connectivity index is 2.03. The van der Waals surface area contributed by atoms with Crippen LogP contribution in [0.25, 0.3) is 0 Å². The van der Waals surface area contributed by atoms with Crippen molar-refractivity contribution in [1.82, 2.24) is 15.8 Å². The maximum absolute atomic E-state index is 10.9. The molecule has 0 aliphatic heterocycles. The predicted octanol–water partition coefficient (Wildman–Crippen LogP) is 1.92. The second-order valence-electron chi connectivity index (χ2n) is 6.19. The zero-order chi connectivity index (χ0) is 20.4. The fraction of sp³-hybridized carbons (Fsp3) is 0.450. The van der Waals surface area contributed by atoms with Crippen LogP contribution in [0, 0.1) is 0 Å². The van der Waals surface area contributed by atoms with Crippen LogP contribution in [0.5, 0.6) is 5.75 Å². The number of hydrogen-bond donors (Lipinski definition) is 3. The average Bonchev–Trinajstić information content (AvgIpc) is 3.10. The lowest BCUT2D eigenvalue weighted by Crippen LogP contribution is -2.37. The van der Waals surface area contributed by atoms with E-state index in [1.165, 1.54) is 0 Å². The summed E-state index contributed by atoms with van der Waals surface area (Å²) in [6.45, 7) is 7.80. The molecule has 0 saturated carbocycles. The van der Waals surface area contributed by atoms with Gasteiger partial charge in [0.2, 0.25) is 0 Å². The van der Waals surface area contributed by atoms with Crippen molar-refractivity contribution < 1.29 is 14.1 Å². The second kappa shape index (κ2) is 11.0. The van der Waals surface area contributed by atoms with Crippen molar-refractivity contribution in [2.24, 2.45) is 10.7 Å². The zero-order valence-electron chi connectivity index (χ0n) is 16.7. The highest BCUT2D eigenvalue weighted by Crippen LogP contribution is 2.16. The van der Waals surface area contributed by atoms with E-state index in [0.717, 1.165) is 42.0 Å². The number of nitrogens with two attached hydrogens (primary N) is 1. The number of nitrogens with zero attached hydrogens (tertiary/aromatic N) is 2. The number of aliphatic imine (C=N–C) groups is 1. The fourth-order valence-corrected chi connectivity index (χ4v) is 2.71. The van der Waals surface area contributed by atoms with Crippen LogP contribution in [0.2, 0.25) is 0 Å². The van der Waals surface area contributed by atoms with Crippen LogP contribution in [-0.2, 0) is 30.7 Å². The van der Waals surface area contributed by atoms with Gasteiger partial charge in [0.1, 0.15) is 11.5 Å². The largest absolute Gasteiger partial charge is 0.484 e. The van der Waals surface area contributed by atoms with Crippen molar-refractivity contribution >= 4 is 11.9 Å². The number of carbonyl (C=O) groups excluding carboxylic acids is 1. The lowest BCUT2D eigenvalue weighted by molar-refractivity contribution is -0.119. The Morgan fingerprint density at radius 2 is 2.07 bits per heavy atom. The van der Waals surface area contributed by atoms with Crippen molar-refractivity contribution in [1.29, 1.82) is 0 Å². The zero-order valence-corrected chi connectivity index (χ0v) is 16.7. The lowest BCUT2D eigenvalue weighted by atomic mass is 10.1. The molecule has 1 aromatic carbocycles. The van der Waals surface area contributed by atoms with Crippen LogP contribution in [0.3, 0.4) is 0 Å². The smallest absolute Gasteiger partial charge is 0.255 e. The number of rotatable bonds is 10. The molecular weight excluding hydrogens is 358 g/mol. The maximum atomic E-state index is 10.9. The third kappa shape index (κ3) is 6.29. The third-order valence-electron chi connectivity index (χ3n) is 4.08. The molecule has 8 nitrogen and oxygen atoms in total. The Kier molecular flexibility index (Phi) is 8.33. The van der Waals surface area contributed by atoms with E-state index >= 15 is 0 Å². The third-order valence-corrected chi connectivity index (χ3v) is 4.08. The number of aromatic nitrogens is 1. The van der Waals surface area contributed by atoms with Crippen molar-refractivity contribution in [2.75, 3.05) is 13.2 Å². The predicted molar refractivity (Wildman–Crippen MR) is 108 cm³/mol. The lowest BCUT2D eigenvalue weighted by Gasteiger charge is -2.12. The van der Waals surface area contributed by atoms with E-state index < -0.39 is 5.91 Å². The summed E-state index contributed by atoms with van der Waals surface area (Å²) in [5.41, 5.74) is 8.14. The Morgan fingerprint density at radius 1 is 1.25 bits per heavy atom. The quantitative estimate of drug-likeness (QED) is 0.424. The van der Waals surface area contributed by atoms with Gasteiger partial charge >= 0.3 is 0 Å². The molecule has 0 saturated heterocycles. The molecule has 1 aromatic heterocycles.